The van der Waals surface area contributed by atoms with Crippen LogP contribution in [0, 0.1) is 0 Å². The van der Waals surface area contributed by atoms with Gasteiger partial charge in [0.15, 0.2) is 9.84 Å². The van der Waals surface area contributed by atoms with Crippen LogP contribution < -0.4 is 5.32 Å². The molecule has 1 unspecified atom stereocenters. The van der Waals surface area contributed by atoms with E-state index in [1.807, 2.05) is 0 Å². The maximum absolute atomic E-state index is 12.1. The zero-order valence-electron chi connectivity index (χ0n) is 11.8. The molecule has 0 fully saturated rings. The number of hydrogen-bond donors (Lipinski definition) is 1. The lowest BCUT2D eigenvalue weighted by Gasteiger charge is -2.33. The Morgan fingerprint density at radius 2 is 2.00 bits per heavy atom. The zero-order valence-corrected chi connectivity index (χ0v) is 12.7. The van der Waals surface area contributed by atoms with Gasteiger partial charge in [-0.15, -0.1) is 0 Å². The van der Waals surface area contributed by atoms with Crippen molar-refractivity contribution >= 4 is 15.8 Å². The highest BCUT2D eigenvalue weighted by Gasteiger charge is 2.36. The Balaban J connectivity index is 2.35. The van der Waals surface area contributed by atoms with Crippen molar-refractivity contribution in [2.75, 3.05) is 12.9 Å². The summed E-state index contributed by atoms with van der Waals surface area (Å²) in [6, 6.07) is 6.74. The Kier molecular flexibility index (Phi) is 3.88. The van der Waals surface area contributed by atoms with Gasteiger partial charge in [-0.3, -0.25) is 10.1 Å². The van der Waals surface area contributed by atoms with Gasteiger partial charge in [0.05, 0.1) is 17.8 Å². The van der Waals surface area contributed by atoms with Gasteiger partial charge >= 0.3 is 5.97 Å². The van der Waals surface area contributed by atoms with E-state index in [4.69, 9.17) is 4.74 Å². The van der Waals surface area contributed by atoms with E-state index < -0.39 is 15.4 Å². The molecule has 110 valence electrons. The van der Waals surface area contributed by atoms with Crippen LogP contribution in [0.3, 0.4) is 0 Å². The zero-order chi connectivity index (χ0) is 15.0. The fourth-order valence-corrected chi connectivity index (χ4v) is 4.11. The van der Waals surface area contributed by atoms with Crippen LogP contribution >= 0.6 is 0 Å². The number of carbonyl (C=O) groups excluding carboxylic acids is 1. The molecule has 1 aliphatic heterocycles. The van der Waals surface area contributed by atoms with Gasteiger partial charge in [0, 0.05) is 6.04 Å². The predicted octanol–water partition coefficient (Wildman–Crippen LogP) is 1.45. The molecule has 1 aromatic carbocycles. The summed E-state index contributed by atoms with van der Waals surface area (Å²) in [5, 5.41) is 3.20. The van der Waals surface area contributed by atoms with Crippen molar-refractivity contribution in [1.29, 1.82) is 0 Å². The number of esters is 1. The van der Waals surface area contributed by atoms with Gasteiger partial charge in [-0.25, -0.2) is 8.42 Å². The van der Waals surface area contributed by atoms with E-state index >= 15 is 0 Å². The van der Waals surface area contributed by atoms with Gasteiger partial charge in [-0.05, 0) is 31.9 Å². The Bertz CT molecular complexity index is 622. The first-order chi connectivity index (χ1) is 9.28. The molecular formula is C14H19NO4S. The Labute approximate surface area is 119 Å². The first kappa shape index (κ1) is 15.0. The van der Waals surface area contributed by atoms with Crippen molar-refractivity contribution in [3.63, 3.8) is 0 Å². The van der Waals surface area contributed by atoms with Gasteiger partial charge in [0.1, 0.15) is 5.54 Å². The minimum atomic E-state index is -3.21. The minimum Gasteiger partial charge on any atom is -0.468 e. The highest BCUT2D eigenvalue weighted by molar-refractivity contribution is 7.91. The summed E-state index contributed by atoms with van der Waals surface area (Å²) >= 11 is 0. The fraction of sp³-hybridized carbons (Fsp3) is 0.500. The summed E-state index contributed by atoms with van der Waals surface area (Å²) in [5.74, 6) is -0.290. The van der Waals surface area contributed by atoms with Crippen molar-refractivity contribution in [3.05, 3.63) is 29.8 Å². The molecule has 0 amide bonds. The largest absolute Gasteiger partial charge is 0.468 e. The van der Waals surface area contributed by atoms with E-state index in [9.17, 15) is 13.2 Å². The summed E-state index contributed by atoms with van der Waals surface area (Å²) in [7, 11) is -1.87. The molecule has 5 nitrogen and oxygen atoms in total. The smallest absolute Gasteiger partial charge is 0.325 e. The predicted molar refractivity (Wildman–Crippen MR) is 75.1 cm³/mol. The van der Waals surface area contributed by atoms with E-state index in [0.717, 1.165) is 5.56 Å². The third-order valence-electron chi connectivity index (χ3n) is 3.54. The maximum atomic E-state index is 12.1. The fourth-order valence-electron chi connectivity index (χ4n) is 2.49. The van der Waals surface area contributed by atoms with Crippen molar-refractivity contribution in [2.45, 2.75) is 36.7 Å². The lowest BCUT2D eigenvalue weighted by atomic mass is 9.98. The molecule has 0 spiro atoms. The van der Waals surface area contributed by atoms with E-state index in [1.165, 1.54) is 7.11 Å². The van der Waals surface area contributed by atoms with Crippen LogP contribution in [0.5, 0.6) is 0 Å². The Hall–Kier alpha value is -1.40. The molecule has 0 bridgehead atoms. The highest BCUT2D eigenvalue weighted by Crippen LogP contribution is 2.33. The number of hydrogen-bond acceptors (Lipinski definition) is 5. The molecule has 0 saturated heterocycles. The Morgan fingerprint density at radius 1 is 1.35 bits per heavy atom. The van der Waals surface area contributed by atoms with E-state index in [-0.39, 0.29) is 17.8 Å². The summed E-state index contributed by atoms with van der Waals surface area (Å²) in [4.78, 5) is 12.1. The van der Waals surface area contributed by atoms with Gasteiger partial charge in [-0.1, -0.05) is 18.2 Å². The van der Waals surface area contributed by atoms with Gasteiger partial charge in [-0.2, -0.15) is 0 Å². The van der Waals surface area contributed by atoms with Gasteiger partial charge < -0.3 is 4.74 Å². The van der Waals surface area contributed by atoms with Gasteiger partial charge in [0.25, 0.3) is 0 Å². The third-order valence-corrected chi connectivity index (χ3v) is 5.35. The van der Waals surface area contributed by atoms with Crippen LogP contribution in [-0.2, 0) is 19.4 Å². The molecule has 6 heteroatoms. The van der Waals surface area contributed by atoms with Crippen molar-refractivity contribution in [3.8, 4) is 0 Å². The third kappa shape index (κ3) is 2.71. The average molecular weight is 297 g/mol. The highest BCUT2D eigenvalue weighted by atomic mass is 32.2. The number of carbonyl (C=O) groups is 1. The standard InChI is InChI=1S/C14H19NO4S/c1-14(2,13(16)19-3)15-11-8-9-20(17,18)12-7-5-4-6-10(11)12/h4-7,11,15H,8-9H2,1-3H3. The second kappa shape index (κ2) is 5.18. The number of rotatable bonds is 3. The summed E-state index contributed by atoms with van der Waals surface area (Å²) in [6.07, 6.45) is 0.444. The number of nitrogens with one attached hydrogen (secondary N) is 1. The topological polar surface area (TPSA) is 72.5 Å². The number of benzene rings is 1. The van der Waals surface area contributed by atoms with Crippen LogP contribution in [0.2, 0.25) is 0 Å². The number of ether oxygens (including phenoxy) is 1. The monoisotopic (exact) mass is 297 g/mol. The van der Waals surface area contributed by atoms with E-state index in [0.29, 0.717) is 11.3 Å². The van der Waals surface area contributed by atoms with Crippen molar-refractivity contribution in [1.82, 2.24) is 5.32 Å². The SMILES string of the molecule is COC(=O)C(C)(C)NC1CCS(=O)(=O)c2ccccc21. The lowest BCUT2D eigenvalue weighted by molar-refractivity contribution is -0.147. The van der Waals surface area contributed by atoms with Crippen LogP contribution in [0.1, 0.15) is 31.9 Å². The molecular weight excluding hydrogens is 278 g/mol. The second-order valence-corrected chi connectivity index (χ2v) is 7.54. The quantitative estimate of drug-likeness (QED) is 0.855. The molecule has 1 aromatic rings. The summed E-state index contributed by atoms with van der Waals surface area (Å²) in [6.45, 7) is 3.45. The molecule has 1 N–H and O–H groups in total. The number of methoxy groups -OCH3 is 1. The number of fused-ring (bicyclic) bond motifs is 1. The normalized spacial score (nSPS) is 21.1. The molecule has 1 heterocycles. The molecule has 2 rings (SSSR count). The molecule has 0 aliphatic carbocycles. The van der Waals surface area contributed by atoms with Crippen molar-refractivity contribution in [2.24, 2.45) is 0 Å². The van der Waals surface area contributed by atoms with Crippen LogP contribution in [0.25, 0.3) is 0 Å². The molecule has 20 heavy (non-hydrogen) atoms. The van der Waals surface area contributed by atoms with Crippen molar-refractivity contribution < 1.29 is 17.9 Å². The number of sulfone groups is 1. The second-order valence-electron chi connectivity index (χ2n) is 5.46. The van der Waals surface area contributed by atoms with Crippen LogP contribution in [0.4, 0.5) is 0 Å². The summed E-state index contributed by atoms with van der Waals surface area (Å²) < 4.78 is 28.9. The first-order valence-electron chi connectivity index (χ1n) is 6.46. The van der Waals surface area contributed by atoms with Crippen LogP contribution in [0.15, 0.2) is 29.2 Å². The minimum absolute atomic E-state index is 0.0823. The van der Waals surface area contributed by atoms with E-state index in [1.54, 1.807) is 38.1 Å². The first-order valence-corrected chi connectivity index (χ1v) is 8.11. The lowest BCUT2D eigenvalue weighted by Crippen LogP contribution is -2.50. The molecule has 0 radical (unpaired) electrons. The van der Waals surface area contributed by atoms with Crippen LogP contribution in [-0.4, -0.2) is 32.8 Å². The van der Waals surface area contributed by atoms with Gasteiger partial charge in [0.2, 0.25) is 0 Å². The maximum Gasteiger partial charge on any atom is 0.325 e. The molecule has 0 aromatic heterocycles. The molecule has 1 atom stereocenters. The van der Waals surface area contributed by atoms with E-state index in [2.05, 4.69) is 5.32 Å². The average Bonchev–Trinajstić information content (AvgIpc) is 2.41. The summed E-state index contributed by atoms with van der Waals surface area (Å²) in [5.41, 5.74) is -0.149. The Morgan fingerprint density at radius 3 is 2.65 bits per heavy atom. The molecule has 0 saturated carbocycles. The molecule has 1 aliphatic rings.